The Hall–Kier alpha value is -2.92. The molecule has 2 aromatic carbocycles. The second-order valence-corrected chi connectivity index (χ2v) is 7.31. The van der Waals surface area contributed by atoms with Crippen molar-refractivity contribution in [3.05, 3.63) is 64.6 Å². The van der Waals surface area contributed by atoms with Crippen LogP contribution in [-0.2, 0) is 4.79 Å². The van der Waals surface area contributed by atoms with Gasteiger partial charge in [0.15, 0.2) is 4.32 Å². The number of hydrogen-bond donors (Lipinski definition) is 0. The number of carbonyl (C=O) groups excluding carboxylic acids is 1. The molecule has 1 amide bonds. The Kier molecular flexibility index (Phi) is 7.06. The molecule has 5 nitrogen and oxygen atoms in total. The van der Waals surface area contributed by atoms with E-state index in [4.69, 9.17) is 12.2 Å². The summed E-state index contributed by atoms with van der Waals surface area (Å²) in [4.78, 5) is 12.8. The SMILES string of the molecule is O=C1/C(=C/c2ccc(OC(F)F)cc2)SC(=S)N1/N=C/c1ccc(OC(F)F)cc1. The number of carbonyl (C=O) groups is 1. The molecule has 30 heavy (non-hydrogen) atoms. The van der Waals surface area contributed by atoms with Gasteiger partial charge in [-0.05, 0) is 65.8 Å². The van der Waals surface area contributed by atoms with E-state index in [1.165, 1.54) is 54.7 Å². The van der Waals surface area contributed by atoms with Crippen molar-refractivity contribution in [3.8, 4) is 11.5 Å². The fraction of sp³-hybridized carbons (Fsp3) is 0.105. The summed E-state index contributed by atoms with van der Waals surface area (Å²) in [6, 6.07) is 11.5. The number of ether oxygens (including phenoxy) is 2. The van der Waals surface area contributed by atoms with E-state index in [2.05, 4.69) is 14.6 Å². The summed E-state index contributed by atoms with van der Waals surface area (Å²) >= 11 is 6.21. The third kappa shape index (κ3) is 5.80. The molecule has 0 spiro atoms. The third-order valence-corrected chi connectivity index (χ3v) is 4.89. The van der Waals surface area contributed by atoms with Gasteiger partial charge < -0.3 is 9.47 Å². The van der Waals surface area contributed by atoms with E-state index >= 15 is 0 Å². The molecule has 0 unspecified atom stereocenters. The van der Waals surface area contributed by atoms with Gasteiger partial charge in [-0.3, -0.25) is 4.79 Å². The summed E-state index contributed by atoms with van der Waals surface area (Å²) in [5, 5.41) is 5.08. The molecule has 3 rings (SSSR count). The maximum atomic E-state index is 12.5. The summed E-state index contributed by atoms with van der Waals surface area (Å²) in [6.07, 6.45) is 2.91. The molecule has 2 aromatic rings. The predicted octanol–water partition coefficient (Wildman–Crippen LogP) is 5.12. The highest BCUT2D eigenvalue weighted by Crippen LogP contribution is 2.33. The fourth-order valence-corrected chi connectivity index (χ4v) is 3.49. The van der Waals surface area contributed by atoms with Gasteiger partial charge in [-0.25, -0.2) is 0 Å². The van der Waals surface area contributed by atoms with Crippen LogP contribution in [0, 0.1) is 0 Å². The summed E-state index contributed by atoms with van der Waals surface area (Å²) in [6.45, 7) is -5.84. The van der Waals surface area contributed by atoms with Gasteiger partial charge in [-0.1, -0.05) is 23.9 Å². The highest BCUT2D eigenvalue weighted by Gasteiger charge is 2.32. The van der Waals surface area contributed by atoms with Gasteiger partial charge in [0.2, 0.25) is 0 Å². The number of rotatable bonds is 7. The van der Waals surface area contributed by atoms with Gasteiger partial charge in [-0.15, -0.1) is 0 Å². The molecule has 1 saturated heterocycles. The normalized spacial score (nSPS) is 15.8. The number of alkyl halides is 4. The Bertz CT molecular complexity index is 980. The molecule has 156 valence electrons. The molecule has 1 fully saturated rings. The van der Waals surface area contributed by atoms with E-state index in [9.17, 15) is 22.4 Å². The quantitative estimate of drug-likeness (QED) is 0.250. The maximum absolute atomic E-state index is 12.5. The van der Waals surface area contributed by atoms with Crippen LogP contribution in [-0.4, -0.2) is 34.7 Å². The molecule has 0 aliphatic carbocycles. The Labute approximate surface area is 178 Å². The number of thiocarbonyl (C=S) groups is 1. The van der Waals surface area contributed by atoms with Crippen molar-refractivity contribution in [3.63, 3.8) is 0 Å². The molecule has 0 aromatic heterocycles. The lowest BCUT2D eigenvalue weighted by Crippen LogP contribution is -2.22. The van der Waals surface area contributed by atoms with E-state index in [-0.39, 0.29) is 15.8 Å². The molecule has 0 saturated carbocycles. The van der Waals surface area contributed by atoms with Crippen molar-refractivity contribution >= 4 is 46.5 Å². The minimum atomic E-state index is -2.92. The van der Waals surface area contributed by atoms with E-state index in [0.29, 0.717) is 16.0 Å². The van der Waals surface area contributed by atoms with Crippen LogP contribution < -0.4 is 9.47 Å². The van der Waals surface area contributed by atoms with Crippen molar-refractivity contribution in [2.45, 2.75) is 13.2 Å². The third-order valence-electron chi connectivity index (χ3n) is 3.60. The van der Waals surface area contributed by atoms with Gasteiger partial charge in [0.25, 0.3) is 5.91 Å². The second kappa shape index (κ2) is 9.72. The average Bonchev–Trinajstić information content (AvgIpc) is 2.95. The lowest BCUT2D eigenvalue weighted by molar-refractivity contribution is -0.122. The molecule has 11 heteroatoms. The van der Waals surface area contributed by atoms with E-state index in [1.807, 2.05) is 0 Å². The smallest absolute Gasteiger partial charge is 0.387 e. The van der Waals surface area contributed by atoms with Crippen LogP contribution in [0.2, 0.25) is 0 Å². The molecule has 1 heterocycles. The molecule has 0 radical (unpaired) electrons. The second-order valence-electron chi connectivity index (χ2n) is 5.63. The van der Waals surface area contributed by atoms with Crippen molar-refractivity contribution in [1.82, 2.24) is 5.01 Å². The number of thioether (sulfide) groups is 1. The zero-order chi connectivity index (χ0) is 21.7. The number of nitrogens with zero attached hydrogens (tertiary/aromatic N) is 2. The highest BCUT2D eigenvalue weighted by atomic mass is 32.2. The van der Waals surface area contributed by atoms with Gasteiger partial charge in [0.05, 0.1) is 11.1 Å². The van der Waals surface area contributed by atoms with Crippen LogP contribution in [0.3, 0.4) is 0 Å². The standard InChI is InChI=1S/C19H12F4N2O3S2/c20-17(21)27-13-5-1-11(2-6-13)9-15-16(26)25(19(29)30-15)24-10-12-3-7-14(8-4-12)28-18(22)23/h1-10,17-18H/b15-9-,24-10+. The molecule has 1 aliphatic heterocycles. The number of amides is 1. The van der Waals surface area contributed by atoms with Crippen LogP contribution in [0.15, 0.2) is 58.5 Å². The summed E-state index contributed by atoms with van der Waals surface area (Å²) in [5.41, 5.74) is 1.14. The van der Waals surface area contributed by atoms with E-state index < -0.39 is 19.1 Å². The number of halogens is 4. The molecule has 0 atom stereocenters. The summed E-state index contributed by atoms with van der Waals surface area (Å²) < 4.78 is 57.5. The zero-order valence-corrected chi connectivity index (χ0v) is 16.5. The Morgan fingerprint density at radius 2 is 1.40 bits per heavy atom. The molecule has 0 bridgehead atoms. The highest BCUT2D eigenvalue weighted by molar-refractivity contribution is 8.26. The topological polar surface area (TPSA) is 51.1 Å². The maximum Gasteiger partial charge on any atom is 0.387 e. The minimum absolute atomic E-state index is 0.000614. The minimum Gasteiger partial charge on any atom is -0.435 e. The Balaban J connectivity index is 1.68. The van der Waals surface area contributed by atoms with Gasteiger partial charge in [-0.2, -0.15) is 27.7 Å². The monoisotopic (exact) mass is 456 g/mol. The predicted molar refractivity (Wildman–Crippen MR) is 109 cm³/mol. The number of hydrogen-bond acceptors (Lipinski definition) is 6. The molecular formula is C19H12F4N2O3S2. The summed E-state index contributed by atoms with van der Waals surface area (Å²) in [7, 11) is 0. The van der Waals surface area contributed by atoms with Crippen LogP contribution >= 0.6 is 24.0 Å². The first-order chi connectivity index (χ1) is 14.3. The molecular weight excluding hydrogens is 444 g/mol. The lowest BCUT2D eigenvalue weighted by atomic mass is 10.2. The van der Waals surface area contributed by atoms with Crippen molar-refractivity contribution in [2.75, 3.05) is 0 Å². The van der Waals surface area contributed by atoms with Gasteiger partial charge in [0, 0.05) is 0 Å². The largest absolute Gasteiger partial charge is 0.435 e. The van der Waals surface area contributed by atoms with Crippen LogP contribution in [0.1, 0.15) is 11.1 Å². The average molecular weight is 456 g/mol. The van der Waals surface area contributed by atoms with Crippen LogP contribution in [0.25, 0.3) is 6.08 Å². The van der Waals surface area contributed by atoms with Crippen molar-refractivity contribution in [1.29, 1.82) is 0 Å². The van der Waals surface area contributed by atoms with Gasteiger partial charge >= 0.3 is 13.2 Å². The molecule has 0 N–H and O–H groups in total. The fourth-order valence-electron chi connectivity index (χ4n) is 2.32. The Morgan fingerprint density at radius 1 is 0.900 bits per heavy atom. The zero-order valence-electron chi connectivity index (χ0n) is 14.9. The first-order valence-electron chi connectivity index (χ1n) is 8.23. The summed E-state index contributed by atoms with van der Waals surface area (Å²) in [5.74, 6) is -0.447. The molecule has 1 aliphatic rings. The number of benzene rings is 2. The lowest BCUT2D eigenvalue weighted by Gasteiger charge is -2.07. The number of hydrazone groups is 1. The van der Waals surface area contributed by atoms with Crippen LogP contribution in [0.5, 0.6) is 11.5 Å². The van der Waals surface area contributed by atoms with Gasteiger partial charge in [0.1, 0.15) is 11.5 Å². The first-order valence-corrected chi connectivity index (χ1v) is 9.46. The van der Waals surface area contributed by atoms with Crippen molar-refractivity contribution in [2.24, 2.45) is 5.10 Å². The Morgan fingerprint density at radius 3 is 1.90 bits per heavy atom. The van der Waals surface area contributed by atoms with Crippen LogP contribution in [0.4, 0.5) is 17.6 Å². The van der Waals surface area contributed by atoms with E-state index in [1.54, 1.807) is 6.08 Å². The van der Waals surface area contributed by atoms with E-state index in [0.717, 1.165) is 16.8 Å². The first kappa shape index (κ1) is 21.8. The van der Waals surface area contributed by atoms with Crippen molar-refractivity contribution < 1.29 is 31.8 Å².